The van der Waals surface area contributed by atoms with Crippen molar-refractivity contribution in [2.75, 3.05) is 13.2 Å². The maximum Gasteiger partial charge on any atom is 0.471 e. The van der Waals surface area contributed by atoms with E-state index in [9.17, 15) is 37.1 Å². The number of nitrogens with zero attached hydrogens (tertiary/aromatic N) is 1. The Morgan fingerprint density at radius 1 is 0.857 bits per heavy atom. The topological polar surface area (TPSA) is 104 Å². The number of amides is 1. The molecule has 0 heterocycles. The van der Waals surface area contributed by atoms with Gasteiger partial charge < -0.3 is 14.5 Å². The van der Waals surface area contributed by atoms with E-state index in [1.54, 1.807) is 38.1 Å². The molecule has 2 rings (SSSR count). The Morgan fingerprint density at radius 3 is 1.76 bits per heavy atom. The van der Waals surface area contributed by atoms with E-state index in [1.165, 1.54) is 30.7 Å². The molecule has 0 unspecified atom stereocenters. The quantitative estimate of drug-likeness (QED) is 0.0583. The van der Waals surface area contributed by atoms with E-state index in [4.69, 9.17) is 4.74 Å². The van der Waals surface area contributed by atoms with Crippen LogP contribution in [0.3, 0.4) is 0 Å². The second-order valence-electron chi connectivity index (χ2n) is 10.0. The number of esters is 1. The van der Waals surface area contributed by atoms with Gasteiger partial charge in [-0.05, 0) is 44.5 Å². The van der Waals surface area contributed by atoms with E-state index in [1.807, 2.05) is 0 Å². The third-order valence-electron chi connectivity index (χ3n) is 6.23. The summed E-state index contributed by atoms with van der Waals surface area (Å²) in [4.78, 5) is 47.4. The lowest BCUT2D eigenvalue weighted by Crippen LogP contribution is -2.54. The summed E-state index contributed by atoms with van der Waals surface area (Å²) in [6.45, 7) is 4.15. The van der Waals surface area contributed by atoms with E-state index in [0.717, 1.165) is 38.5 Å². The number of unbranched alkanes of at least 4 members (excludes halogenated alkanes) is 7. The van der Waals surface area contributed by atoms with Crippen LogP contribution in [0.4, 0.5) is 13.2 Å². The van der Waals surface area contributed by atoms with Crippen molar-refractivity contribution < 1.29 is 41.8 Å². The molecule has 7 nitrogen and oxygen atoms in total. The van der Waals surface area contributed by atoms with Crippen LogP contribution in [0.1, 0.15) is 69.4 Å². The van der Waals surface area contributed by atoms with Gasteiger partial charge in [0.2, 0.25) is 3.94 Å². The molecule has 234 valence electrons. The minimum atomic E-state index is -5.63. The van der Waals surface area contributed by atoms with Crippen molar-refractivity contribution in [3.8, 4) is 0 Å². The first-order chi connectivity index (χ1) is 19.7. The number of carbonyl (C=O) groups is 2. The van der Waals surface area contributed by atoms with E-state index in [0.29, 0.717) is 41.1 Å². The summed E-state index contributed by atoms with van der Waals surface area (Å²) < 4.78 is 57.4. The zero-order valence-electron chi connectivity index (χ0n) is 24.1. The van der Waals surface area contributed by atoms with E-state index in [2.05, 4.69) is 6.92 Å². The van der Waals surface area contributed by atoms with Gasteiger partial charge in [-0.2, -0.15) is 13.2 Å². The largest absolute Gasteiger partial charge is 0.471 e. The molecule has 0 atom stereocenters. The standard InChI is InChI=1S/C29H39F3NO6PS2/c1-4-5-6-7-8-9-10-11-18-39-26(34)21-33(27(35)28(30,31)32)29(40(36,37)38,41-24-16-12-14-22(2)19-24)42-25-17-13-15-23(3)20-25/h12-17,19-20H,4-11,18,21H2,1-3H3,(H2,36,37,38). The Labute approximate surface area is 254 Å². The first kappa shape index (κ1) is 36.2. The summed E-state index contributed by atoms with van der Waals surface area (Å²) in [6.07, 6.45) is 2.21. The summed E-state index contributed by atoms with van der Waals surface area (Å²) in [5.41, 5.74) is 1.36. The van der Waals surface area contributed by atoms with Gasteiger partial charge in [-0.15, -0.1) is 0 Å². The number of benzene rings is 2. The van der Waals surface area contributed by atoms with Gasteiger partial charge in [0.1, 0.15) is 6.54 Å². The summed E-state index contributed by atoms with van der Waals surface area (Å²) in [6, 6.07) is 12.6. The minimum absolute atomic E-state index is 0.0795. The number of hydrogen-bond acceptors (Lipinski definition) is 6. The van der Waals surface area contributed by atoms with Crippen molar-refractivity contribution in [2.24, 2.45) is 0 Å². The number of rotatable bonds is 17. The molecule has 0 saturated carbocycles. The molecule has 0 bridgehead atoms. The van der Waals surface area contributed by atoms with Crippen LogP contribution < -0.4 is 0 Å². The van der Waals surface area contributed by atoms with E-state index in [-0.39, 0.29) is 21.3 Å². The molecular formula is C29H39F3NO6PS2. The van der Waals surface area contributed by atoms with Crippen molar-refractivity contribution in [3.63, 3.8) is 0 Å². The highest BCUT2D eigenvalue weighted by molar-refractivity contribution is 8.25. The van der Waals surface area contributed by atoms with Crippen LogP contribution in [-0.4, -0.2) is 49.8 Å². The van der Waals surface area contributed by atoms with Gasteiger partial charge >= 0.3 is 25.6 Å². The molecular weight excluding hydrogens is 610 g/mol. The van der Waals surface area contributed by atoms with Gasteiger partial charge in [0.05, 0.1) is 6.61 Å². The Morgan fingerprint density at radius 2 is 1.33 bits per heavy atom. The van der Waals surface area contributed by atoms with Crippen LogP contribution in [0.2, 0.25) is 0 Å². The van der Waals surface area contributed by atoms with Gasteiger partial charge in [-0.1, -0.05) is 111 Å². The lowest BCUT2D eigenvalue weighted by Gasteiger charge is -2.42. The van der Waals surface area contributed by atoms with Gasteiger partial charge in [0.25, 0.3) is 0 Å². The second kappa shape index (κ2) is 16.8. The molecule has 0 saturated heterocycles. The summed E-state index contributed by atoms with van der Waals surface area (Å²) >= 11 is 0.785. The maximum absolute atomic E-state index is 14.0. The number of halogens is 3. The van der Waals surface area contributed by atoms with Gasteiger partial charge in [-0.3, -0.25) is 19.1 Å². The lowest BCUT2D eigenvalue weighted by molar-refractivity contribution is -0.187. The molecule has 0 fully saturated rings. The van der Waals surface area contributed by atoms with Crippen molar-refractivity contribution >= 4 is 43.0 Å². The molecule has 0 aromatic heterocycles. The van der Waals surface area contributed by atoms with Crippen LogP contribution >= 0.6 is 31.1 Å². The number of hydrogen-bond donors (Lipinski definition) is 2. The first-order valence-electron chi connectivity index (χ1n) is 13.8. The molecule has 0 radical (unpaired) electrons. The Hall–Kier alpha value is -1.98. The Kier molecular flexibility index (Phi) is 14.4. The zero-order chi connectivity index (χ0) is 31.4. The SMILES string of the molecule is CCCCCCCCCCOC(=O)CN(C(=O)C(F)(F)F)C(Sc1cccc(C)c1)(Sc1cccc(C)c1)P(=O)(O)O. The normalized spacial score (nSPS) is 12.3. The molecule has 0 aliphatic heterocycles. The van der Waals surface area contributed by atoms with E-state index < -0.39 is 36.1 Å². The lowest BCUT2D eigenvalue weighted by atomic mass is 10.1. The molecule has 2 aromatic carbocycles. The fraction of sp³-hybridized carbons (Fsp3) is 0.517. The average Bonchev–Trinajstić information content (AvgIpc) is 2.89. The number of carbonyl (C=O) groups excluding carboxylic acids is 2. The summed E-state index contributed by atoms with van der Waals surface area (Å²) in [5.74, 6) is -3.75. The number of ether oxygens (including phenoxy) is 1. The van der Waals surface area contributed by atoms with Crippen LogP contribution in [0.5, 0.6) is 0 Å². The third-order valence-corrected chi connectivity index (χ3v) is 11.6. The molecule has 2 aromatic rings. The predicted octanol–water partition coefficient (Wildman–Crippen LogP) is 8.05. The van der Waals surface area contributed by atoms with Gasteiger partial charge in [0.15, 0.2) is 0 Å². The number of alkyl halides is 3. The third kappa shape index (κ3) is 11.3. The zero-order valence-corrected chi connectivity index (χ0v) is 26.6. The highest BCUT2D eigenvalue weighted by Gasteiger charge is 2.61. The molecule has 2 N–H and O–H groups in total. The molecule has 13 heteroatoms. The van der Waals surface area contributed by atoms with Gasteiger partial charge in [0, 0.05) is 9.79 Å². The fourth-order valence-electron chi connectivity index (χ4n) is 4.12. The molecule has 0 aliphatic rings. The van der Waals surface area contributed by atoms with Crippen LogP contribution in [0, 0.1) is 13.8 Å². The highest BCUT2D eigenvalue weighted by Crippen LogP contribution is 2.68. The summed E-state index contributed by atoms with van der Waals surface area (Å²) in [5, 5.41) is 0. The molecule has 0 spiro atoms. The molecule has 1 amide bonds. The summed E-state index contributed by atoms with van der Waals surface area (Å²) in [7, 11) is -5.63. The monoisotopic (exact) mass is 649 g/mol. The molecule has 0 aliphatic carbocycles. The van der Waals surface area contributed by atoms with Crippen LogP contribution in [-0.2, 0) is 18.9 Å². The van der Waals surface area contributed by atoms with Crippen molar-refractivity contribution in [1.82, 2.24) is 4.90 Å². The fourth-order valence-corrected chi connectivity index (χ4v) is 8.84. The average molecular weight is 650 g/mol. The highest BCUT2D eigenvalue weighted by atomic mass is 32.2. The van der Waals surface area contributed by atoms with Gasteiger partial charge in [-0.25, -0.2) is 0 Å². The maximum atomic E-state index is 14.0. The van der Waals surface area contributed by atoms with Crippen molar-refractivity contribution in [2.45, 2.75) is 92.0 Å². The van der Waals surface area contributed by atoms with Crippen LogP contribution in [0.25, 0.3) is 0 Å². The number of aryl methyl sites for hydroxylation is 2. The first-order valence-corrected chi connectivity index (χ1v) is 17.1. The smallest absolute Gasteiger partial charge is 0.464 e. The minimum Gasteiger partial charge on any atom is -0.464 e. The molecule has 42 heavy (non-hydrogen) atoms. The van der Waals surface area contributed by atoms with Crippen molar-refractivity contribution in [1.29, 1.82) is 0 Å². The van der Waals surface area contributed by atoms with E-state index >= 15 is 0 Å². The second-order valence-corrected chi connectivity index (χ2v) is 15.1. The Bertz CT molecular complexity index is 1180. The Balaban J connectivity index is 2.40. The predicted molar refractivity (Wildman–Crippen MR) is 160 cm³/mol. The van der Waals surface area contributed by atoms with Crippen LogP contribution in [0.15, 0.2) is 58.3 Å². The number of thioether (sulfide) groups is 2. The van der Waals surface area contributed by atoms with Crippen molar-refractivity contribution in [3.05, 3.63) is 59.7 Å².